The zero-order valence-electron chi connectivity index (χ0n) is 14.6. The van der Waals surface area contributed by atoms with Crippen LogP contribution >= 0.6 is 0 Å². The van der Waals surface area contributed by atoms with Crippen LogP contribution in [0.3, 0.4) is 0 Å². The molecule has 0 spiro atoms. The molecule has 1 saturated heterocycles. The summed E-state index contributed by atoms with van der Waals surface area (Å²) in [6.07, 6.45) is 3.96. The molecule has 5 heteroatoms. The normalized spacial score (nSPS) is 15.0. The smallest absolute Gasteiger partial charge is 0.257 e. The molecule has 1 aromatic heterocycles. The minimum atomic E-state index is -0.0614. The van der Waals surface area contributed by atoms with Crippen molar-refractivity contribution in [1.29, 1.82) is 0 Å². The maximum absolute atomic E-state index is 12.0. The summed E-state index contributed by atoms with van der Waals surface area (Å²) < 4.78 is 5.53. The van der Waals surface area contributed by atoms with E-state index in [-0.39, 0.29) is 12.5 Å². The van der Waals surface area contributed by atoms with Gasteiger partial charge in [-0.25, -0.2) is 4.98 Å². The Morgan fingerprint density at radius 2 is 2.08 bits per heavy atom. The second-order valence-corrected chi connectivity index (χ2v) is 6.53. The number of piperidine rings is 1. The zero-order valence-corrected chi connectivity index (χ0v) is 14.6. The molecular formula is C20H25N3O2. The van der Waals surface area contributed by atoms with E-state index in [1.807, 2.05) is 55.6 Å². The largest absolute Gasteiger partial charge is 0.484 e. The summed E-state index contributed by atoms with van der Waals surface area (Å²) >= 11 is 0. The van der Waals surface area contributed by atoms with E-state index >= 15 is 0 Å². The Hall–Kier alpha value is -2.56. The van der Waals surface area contributed by atoms with Gasteiger partial charge in [0.25, 0.3) is 5.91 Å². The molecule has 1 amide bonds. The summed E-state index contributed by atoms with van der Waals surface area (Å²) in [5, 5.41) is 2.99. The molecule has 1 aliphatic heterocycles. The Labute approximate surface area is 149 Å². The van der Waals surface area contributed by atoms with Gasteiger partial charge in [0.2, 0.25) is 0 Å². The number of carbonyl (C=O) groups excluding carboxylic acids is 1. The van der Waals surface area contributed by atoms with Crippen molar-refractivity contribution in [3.05, 3.63) is 54.2 Å². The fourth-order valence-corrected chi connectivity index (χ4v) is 3.07. The molecule has 0 radical (unpaired) electrons. The van der Waals surface area contributed by atoms with E-state index in [4.69, 9.17) is 4.74 Å². The number of benzene rings is 1. The SMILES string of the molecule is Cc1cccc(OCC(=O)NCC2CCN(c3ccccn3)CC2)c1. The highest BCUT2D eigenvalue weighted by Crippen LogP contribution is 2.21. The highest BCUT2D eigenvalue weighted by atomic mass is 16.5. The lowest BCUT2D eigenvalue weighted by Gasteiger charge is -2.32. The number of hydrogen-bond acceptors (Lipinski definition) is 4. The van der Waals surface area contributed by atoms with Crippen LogP contribution in [-0.2, 0) is 4.79 Å². The molecule has 0 aliphatic carbocycles. The maximum Gasteiger partial charge on any atom is 0.257 e. The van der Waals surface area contributed by atoms with Crippen LogP contribution in [0.1, 0.15) is 18.4 Å². The Balaban J connectivity index is 1.36. The second-order valence-electron chi connectivity index (χ2n) is 6.53. The van der Waals surface area contributed by atoms with Gasteiger partial charge in [-0.2, -0.15) is 0 Å². The van der Waals surface area contributed by atoms with Crippen molar-refractivity contribution in [2.24, 2.45) is 5.92 Å². The van der Waals surface area contributed by atoms with Gasteiger partial charge in [0, 0.05) is 25.8 Å². The fourth-order valence-electron chi connectivity index (χ4n) is 3.07. The number of carbonyl (C=O) groups is 1. The monoisotopic (exact) mass is 339 g/mol. The van der Waals surface area contributed by atoms with Crippen LogP contribution in [0.25, 0.3) is 0 Å². The van der Waals surface area contributed by atoms with E-state index in [2.05, 4.69) is 15.2 Å². The minimum absolute atomic E-state index is 0.0614. The highest BCUT2D eigenvalue weighted by molar-refractivity contribution is 5.77. The van der Waals surface area contributed by atoms with Gasteiger partial charge in [-0.15, -0.1) is 0 Å². The molecule has 1 N–H and O–H groups in total. The third-order valence-corrected chi connectivity index (χ3v) is 4.54. The molecule has 2 aromatic rings. The number of ether oxygens (including phenoxy) is 1. The first-order valence-electron chi connectivity index (χ1n) is 8.83. The summed E-state index contributed by atoms with van der Waals surface area (Å²) in [7, 11) is 0. The van der Waals surface area contributed by atoms with Gasteiger partial charge in [-0.05, 0) is 55.5 Å². The summed E-state index contributed by atoms with van der Waals surface area (Å²) in [6.45, 7) is 4.75. The molecule has 0 bridgehead atoms. The number of nitrogens with one attached hydrogen (secondary N) is 1. The fraction of sp³-hybridized carbons (Fsp3) is 0.400. The molecule has 2 heterocycles. The Kier molecular flexibility index (Phi) is 5.88. The predicted octanol–water partition coefficient (Wildman–Crippen LogP) is 2.80. The summed E-state index contributed by atoms with van der Waals surface area (Å²) in [5.74, 6) is 2.23. The van der Waals surface area contributed by atoms with Crippen LogP contribution in [0.4, 0.5) is 5.82 Å². The molecule has 1 fully saturated rings. The number of nitrogens with zero attached hydrogens (tertiary/aromatic N) is 2. The number of aromatic nitrogens is 1. The molecule has 5 nitrogen and oxygen atoms in total. The van der Waals surface area contributed by atoms with E-state index in [1.54, 1.807) is 0 Å². The van der Waals surface area contributed by atoms with Crippen LogP contribution in [0.2, 0.25) is 0 Å². The Morgan fingerprint density at radius 3 is 2.80 bits per heavy atom. The summed E-state index contributed by atoms with van der Waals surface area (Å²) in [4.78, 5) is 18.7. The molecule has 0 saturated carbocycles. The van der Waals surface area contributed by atoms with Crippen molar-refractivity contribution in [3.63, 3.8) is 0 Å². The lowest BCUT2D eigenvalue weighted by Crippen LogP contribution is -2.40. The molecule has 132 valence electrons. The van der Waals surface area contributed by atoms with Crippen molar-refractivity contribution in [3.8, 4) is 5.75 Å². The van der Waals surface area contributed by atoms with Crippen LogP contribution in [-0.4, -0.2) is 37.1 Å². The lowest BCUT2D eigenvalue weighted by molar-refractivity contribution is -0.123. The first kappa shape index (κ1) is 17.3. The van der Waals surface area contributed by atoms with Gasteiger partial charge in [0.15, 0.2) is 6.61 Å². The molecule has 0 atom stereocenters. The first-order chi connectivity index (χ1) is 12.2. The van der Waals surface area contributed by atoms with Crippen LogP contribution < -0.4 is 15.0 Å². The first-order valence-corrected chi connectivity index (χ1v) is 8.83. The standard InChI is InChI=1S/C20H25N3O2/c1-16-5-4-6-18(13-16)25-15-20(24)22-14-17-8-11-23(12-9-17)19-7-2-3-10-21-19/h2-7,10,13,17H,8-9,11-12,14-15H2,1H3,(H,22,24). The van der Waals surface area contributed by atoms with Gasteiger partial charge < -0.3 is 15.0 Å². The quantitative estimate of drug-likeness (QED) is 0.879. The van der Waals surface area contributed by atoms with Crippen molar-refractivity contribution < 1.29 is 9.53 Å². The highest BCUT2D eigenvalue weighted by Gasteiger charge is 2.20. The molecule has 3 rings (SSSR count). The molecule has 0 unspecified atom stereocenters. The van der Waals surface area contributed by atoms with Crippen molar-refractivity contribution in [1.82, 2.24) is 10.3 Å². The van der Waals surface area contributed by atoms with Crippen LogP contribution in [0.5, 0.6) is 5.75 Å². The van der Waals surface area contributed by atoms with Crippen molar-refractivity contribution in [2.75, 3.05) is 31.1 Å². The topological polar surface area (TPSA) is 54.5 Å². The zero-order chi connectivity index (χ0) is 17.5. The number of anilines is 1. The maximum atomic E-state index is 12.0. The molecule has 25 heavy (non-hydrogen) atoms. The van der Waals surface area contributed by atoms with E-state index in [0.717, 1.165) is 43.1 Å². The van der Waals surface area contributed by atoms with E-state index in [9.17, 15) is 4.79 Å². The summed E-state index contributed by atoms with van der Waals surface area (Å²) in [6, 6.07) is 13.7. The Bertz CT molecular complexity index is 682. The van der Waals surface area contributed by atoms with Gasteiger partial charge >= 0.3 is 0 Å². The third-order valence-electron chi connectivity index (χ3n) is 4.54. The summed E-state index contributed by atoms with van der Waals surface area (Å²) in [5.41, 5.74) is 1.12. The average Bonchev–Trinajstić information content (AvgIpc) is 2.66. The lowest BCUT2D eigenvalue weighted by atomic mass is 9.97. The van der Waals surface area contributed by atoms with Crippen LogP contribution in [0.15, 0.2) is 48.7 Å². The number of pyridine rings is 1. The Morgan fingerprint density at radius 1 is 1.24 bits per heavy atom. The molecule has 1 aromatic carbocycles. The van der Waals surface area contributed by atoms with Crippen molar-refractivity contribution in [2.45, 2.75) is 19.8 Å². The number of aryl methyl sites for hydroxylation is 1. The van der Waals surface area contributed by atoms with E-state index in [1.165, 1.54) is 0 Å². The van der Waals surface area contributed by atoms with Gasteiger partial charge in [-0.3, -0.25) is 4.79 Å². The van der Waals surface area contributed by atoms with Crippen LogP contribution in [0, 0.1) is 12.8 Å². The predicted molar refractivity (Wildman–Crippen MR) is 98.9 cm³/mol. The van der Waals surface area contributed by atoms with Gasteiger partial charge in [-0.1, -0.05) is 18.2 Å². The number of amides is 1. The number of hydrogen-bond donors (Lipinski definition) is 1. The van der Waals surface area contributed by atoms with Gasteiger partial charge in [0.1, 0.15) is 11.6 Å². The van der Waals surface area contributed by atoms with Crippen molar-refractivity contribution >= 4 is 11.7 Å². The third kappa shape index (κ3) is 5.21. The minimum Gasteiger partial charge on any atom is -0.484 e. The number of rotatable bonds is 6. The average molecular weight is 339 g/mol. The molecular weight excluding hydrogens is 314 g/mol. The van der Waals surface area contributed by atoms with E-state index < -0.39 is 0 Å². The molecule has 1 aliphatic rings. The second kappa shape index (κ2) is 8.51. The van der Waals surface area contributed by atoms with E-state index in [0.29, 0.717) is 12.5 Å². The van der Waals surface area contributed by atoms with Gasteiger partial charge in [0.05, 0.1) is 0 Å².